The largest absolute Gasteiger partial charge is 0.465 e. The van der Waals surface area contributed by atoms with Gasteiger partial charge in [-0.05, 0) is 56.2 Å². The number of fused-ring (bicyclic) bond motifs is 3. The summed E-state index contributed by atoms with van der Waals surface area (Å²) >= 11 is 0. The number of hydrogen-bond acceptors (Lipinski definition) is 3. The van der Waals surface area contributed by atoms with E-state index in [1.807, 2.05) is 0 Å². The smallest absolute Gasteiger partial charge is 0.313 e. The predicted octanol–water partition coefficient (Wildman–Crippen LogP) is 5.10. The zero-order valence-corrected chi connectivity index (χ0v) is 17.7. The number of allylic oxidation sites excluding steroid dienone is 2. The van der Waals surface area contributed by atoms with Crippen LogP contribution in [0.5, 0.6) is 0 Å². The van der Waals surface area contributed by atoms with Gasteiger partial charge in [0.15, 0.2) is 8.32 Å². The predicted molar refractivity (Wildman–Crippen MR) is 104 cm³/mol. The van der Waals surface area contributed by atoms with Crippen LogP contribution in [0.4, 0.5) is 0 Å². The quantitative estimate of drug-likeness (QED) is 0.388. The Morgan fingerprint density at radius 2 is 2.12 bits per heavy atom. The number of rotatable bonds is 5. The molecule has 3 nitrogen and oxygen atoms in total. The molecule has 2 aliphatic carbocycles. The van der Waals surface area contributed by atoms with E-state index in [2.05, 4.69) is 59.5 Å². The van der Waals surface area contributed by atoms with Crippen LogP contribution in [-0.2, 0) is 14.0 Å². The van der Waals surface area contributed by atoms with Gasteiger partial charge < -0.3 is 9.16 Å². The summed E-state index contributed by atoms with van der Waals surface area (Å²) in [7, 11) is -1.94. The van der Waals surface area contributed by atoms with Crippen molar-refractivity contribution < 1.29 is 14.0 Å². The third-order valence-electron chi connectivity index (χ3n) is 7.12. The number of esters is 1. The molecule has 3 aliphatic rings. The highest BCUT2D eigenvalue weighted by atomic mass is 28.4. The molecule has 1 saturated carbocycles. The monoisotopic (exact) mass is 362 g/mol. The summed E-state index contributed by atoms with van der Waals surface area (Å²) in [4.78, 5) is 12.8. The van der Waals surface area contributed by atoms with Crippen LogP contribution < -0.4 is 0 Å². The van der Waals surface area contributed by atoms with Gasteiger partial charge in [0.25, 0.3) is 0 Å². The summed E-state index contributed by atoms with van der Waals surface area (Å²) in [5.41, 5.74) is 0.763. The second kappa shape index (κ2) is 6.09. The topological polar surface area (TPSA) is 35.5 Å². The van der Waals surface area contributed by atoms with Crippen molar-refractivity contribution >= 4 is 14.3 Å². The van der Waals surface area contributed by atoms with E-state index in [0.29, 0.717) is 18.4 Å². The van der Waals surface area contributed by atoms with Crippen LogP contribution in [-0.4, -0.2) is 27.0 Å². The van der Waals surface area contributed by atoms with Crippen LogP contribution in [0.15, 0.2) is 24.3 Å². The summed E-state index contributed by atoms with van der Waals surface area (Å²) in [5.74, 6) is 1.02. The first-order valence-corrected chi connectivity index (χ1v) is 12.6. The number of hydrogen-bond donors (Lipinski definition) is 0. The van der Waals surface area contributed by atoms with E-state index >= 15 is 0 Å². The first kappa shape index (κ1) is 18.9. The number of carbonyl (C=O) groups excluding carboxylic acids is 1. The molecule has 1 spiro atoms. The summed E-state index contributed by atoms with van der Waals surface area (Å²) < 4.78 is 12.5. The van der Waals surface area contributed by atoms with Gasteiger partial charge in [0.05, 0.1) is 18.1 Å². The van der Waals surface area contributed by atoms with Crippen molar-refractivity contribution in [3.8, 4) is 0 Å². The Bertz CT molecular complexity index is 601. The van der Waals surface area contributed by atoms with Gasteiger partial charge in [-0.25, -0.2) is 0 Å². The van der Waals surface area contributed by atoms with Gasteiger partial charge in [-0.2, -0.15) is 0 Å². The van der Waals surface area contributed by atoms with Crippen LogP contribution in [0.25, 0.3) is 0 Å². The molecule has 0 aromatic rings. The maximum Gasteiger partial charge on any atom is 0.313 e. The van der Waals surface area contributed by atoms with Gasteiger partial charge in [-0.3, -0.25) is 4.79 Å². The molecule has 3 rings (SSSR count). The Labute approximate surface area is 154 Å². The standard InChI is InChI=1S/C21H34O3Si/c1-14(2)10-18(24-25(6,7)20(3,4)5)17-13-23-19(22)21(17)12-15-8-9-16(21)11-15/h8-9,15-18H,1,10-13H2,2-7H3/t15-,16+,17+,18?,21+/m0/s1. The molecular weight excluding hydrogens is 328 g/mol. The number of cyclic esters (lactones) is 1. The Balaban J connectivity index is 1.92. The zero-order valence-electron chi connectivity index (χ0n) is 16.7. The van der Waals surface area contributed by atoms with Crippen LogP contribution in [0.2, 0.25) is 18.1 Å². The van der Waals surface area contributed by atoms with Crippen LogP contribution in [0, 0.1) is 23.2 Å². The van der Waals surface area contributed by atoms with Gasteiger partial charge in [0.1, 0.15) is 0 Å². The molecular formula is C21H34O3Si. The van der Waals surface area contributed by atoms with E-state index < -0.39 is 8.32 Å². The van der Waals surface area contributed by atoms with Gasteiger partial charge in [-0.15, -0.1) is 6.58 Å². The van der Waals surface area contributed by atoms with Crippen molar-refractivity contribution in [3.63, 3.8) is 0 Å². The van der Waals surface area contributed by atoms with E-state index in [4.69, 9.17) is 9.16 Å². The Hall–Kier alpha value is -0.873. The molecule has 4 heteroatoms. The molecule has 0 N–H and O–H groups in total. The molecule has 1 aliphatic heterocycles. The molecule has 5 atom stereocenters. The second-order valence-corrected chi connectivity index (χ2v) is 14.8. The molecule has 2 fully saturated rings. The molecule has 0 aromatic carbocycles. The highest BCUT2D eigenvalue weighted by Gasteiger charge is 2.64. The number of ether oxygens (including phenoxy) is 1. The van der Waals surface area contributed by atoms with Crippen LogP contribution in [0.3, 0.4) is 0 Å². The average molecular weight is 363 g/mol. The van der Waals surface area contributed by atoms with E-state index in [1.54, 1.807) is 0 Å². The minimum absolute atomic E-state index is 0.0138. The minimum Gasteiger partial charge on any atom is -0.465 e. The molecule has 1 saturated heterocycles. The van der Waals surface area contributed by atoms with Gasteiger partial charge in [0.2, 0.25) is 0 Å². The lowest BCUT2D eigenvalue weighted by molar-refractivity contribution is -0.148. The average Bonchev–Trinajstić information content (AvgIpc) is 3.13. The summed E-state index contributed by atoms with van der Waals surface area (Å²) in [6, 6.07) is 0. The van der Waals surface area contributed by atoms with E-state index in [-0.39, 0.29) is 28.4 Å². The Morgan fingerprint density at radius 3 is 2.60 bits per heavy atom. The first-order valence-electron chi connectivity index (χ1n) is 9.65. The molecule has 1 unspecified atom stereocenters. The van der Waals surface area contributed by atoms with Crippen molar-refractivity contribution in [2.45, 2.75) is 71.2 Å². The fraction of sp³-hybridized carbons (Fsp3) is 0.762. The van der Waals surface area contributed by atoms with Crippen molar-refractivity contribution in [2.75, 3.05) is 6.61 Å². The lowest BCUT2D eigenvalue weighted by atomic mass is 9.65. The molecule has 140 valence electrons. The summed E-state index contributed by atoms with van der Waals surface area (Å²) in [5, 5.41) is 0.144. The third-order valence-corrected chi connectivity index (χ3v) is 11.6. The normalized spacial score (nSPS) is 35.4. The number of carbonyl (C=O) groups is 1. The Kier molecular flexibility index (Phi) is 4.60. The minimum atomic E-state index is -1.94. The lowest BCUT2D eigenvalue weighted by Gasteiger charge is -2.44. The SMILES string of the molecule is C=C(C)CC(O[Si](C)(C)C(C)(C)C)[C@H]1COC(=O)[C@@]12C[C@H]1C=C[C@@H]2C1. The second-order valence-electron chi connectivity index (χ2n) is 10.0. The van der Waals surface area contributed by atoms with E-state index in [9.17, 15) is 4.79 Å². The molecule has 0 amide bonds. The van der Waals surface area contributed by atoms with Crippen molar-refractivity contribution in [3.05, 3.63) is 24.3 Å². The van der Waals surface area contributed by atoms with E-state index in [1.165, 1.54) is 0 Å². The van der Waals surface area contributed by atoms with Crippen LogP contribution >= 0.6 is 0 Å². The molecule has 25 heavy (non-hydrogen) atoms. The fourth-order valence-corrected chi connectivity index (χ4v) is 6.12. The molecule has 2 bridgehead atoms. The first-order chi connectivity index (χ1) is 11.5. The van der Waals surface area contributed by atoms with Crippen molar-refractivity contribution in [1.29, 1.82) is 0 Å². The van der Waals surface area contributed by atoms with Crippen molar-refractivity contribution in [2.24, 2.45) is 23.2 Å². The maximum absolute atomic E-state index is 12.8. The lowest BCUT2D eigenvalue weighted by Crippen LogP contribution is -2.50. The van der Waals surface area contributed by atoms with Gasteiger partial charge in [-0.1, -0.05) is 38.5 Å². The molecule has 0 radical (unpaired) electrons. The molecule has 1 heterocycles. The highest BCUT2D eigenvalue weighted by Crippen LogP contribution is 2.60. The van der Waals surface area contributed by atoms with Gasteiger partial charge >= 0.3 is 5.97 Å². The fourth-order valence-electron chi connectivity index (χ4n) is 4.76. The summed E-state index contributed by atoms with van der Waals surface area (Å²) in [6.07, 6.45) is 7.43. The molecule has 0 aromatic heterocycles. The van der Waals surface area contributed by atoms with Crippen molar-refractivity contribution in [1.82, 2.24) is 0 Å². The Morgan fingerprint density at radius 1 is 1.44 bits per heavy atom. The highest BCUT2D eigenvalue weighted by molar-refractivity contribution is 6.74. The van der Waals surface area contributed by atoms with Crippen LogP contribution in [0.1, 0.15) is 47.0 Å². The zero-order chi connectivity index (χ0) is 18.6. The maximum atomic E-state index is 12.8. The third kappa shape index (κ3) is 3.06. The van der Waals surface area contributed by atoms with Gasteiger partial charge in [0, 0.05) is 5.92 Å². The summed E-state index contributed by atoms with van der Waals surface area (Å²) in [6.45, 7) is 18.1. The van der Waals surface area contributed by atoms with E-state index in [0.717, 1.165) is 24.8 Å².